The van der Waals surface area contributed by atoms with Crippen molar-refractivity contribution >= 4 is 11.4 Å². The van der Waals surface area contributed by atoms with Gasteiger partial charge in [0, 0.05) is 18.7 Å². The average Bonchev–Trinajstić information content (AvgIpc) is 2.81. The highest BCUT2D eigenvalue weighted by molar-refractivity contribution is 5.62. The minimum atomic E-state index is -0.318. The molecule has 3 N–H and O–H groups in total. The number of benzene rings is 1. The number of rotatable bonds is 4. The number of anilines is 2. The van der Waals surface area contributed by atoms with Crippen LogP contribution in [0.3, 0.4) is 0 Å². The Bertz CT molecular complexity index is 389. The van der Waals surface area contributed by atoms with Crippen LogP contribution in [0.25, 0.3) is 0 Å². The molecule has 17 heavy (non-hydrogen) atoms. The molecule has 1 aliphatic carbocycles. The predicted molar refractivity (Wildman–Crippen MR) is 67.8 cm³/mol. The minimum absolute atomic E-state index is 0.318. The van der Waals surface area contributed by atoms with Gasteiger partial charge in [0.15, 0.2) is 0 Å². The second-order valence-electron chi connectivity index (χ2n) is 4.61. The Morgan fingerprint density at radius 2 is 2.12 bits per heavy atom. The summed E-state index contributed by atoms with van der Waals surface area (Å²) < 4.78 is 18.7. The molecule has 2 rings (SSSR count). The fraction of sp³-hybridized carbons (Fsp3) is 0.538. The Balaban J connectivity index is 2.03. The first-order valence-corrected chi connectivity index (χ1v) is 6.07. The van der Waals surface area contributed by atoms with E-state index in [0.29, 0.717) is 23.0 Å². The third-order valence-electron chi connectivity index (χ3n) is 3.38. The molecule has 1 fully saturated rings. The maximum Gasteiger partial charge on any atom is 0.148 e. The van der Waals surface area contributed by atoms with Crippen molar-refractivity contribution in [3.8, 4) is 5.75 Å². The largest absolute Gasteiger partial charge is 0.495 e. The number of nitrogens with two attached hydrogens (primary N) is 1. The number of methoxy groups -OCH3 is 1. The number of nitrogen functional groups attached to an aromatic ring is 1. The van der Waals surface area contributed by atoms with E-state index in [1.54, 1.807) is 6.07 Å². The van der Waals surface area contributed by atoms with Gasteiger partial charge in [-0.1, -0.05) is 12.8 Å². The van der Waals surface area contributed by atoms with E-state index in [9.17, 15) is 4.39 Å². The monoisotopic (exact) mass is 238 g/mol. The van der Waals surface area contributed by atoms with E-state index in [1.807, 2.05) is 0 Å². The molecule has 4 heteroatoms. The lowest BCUT2D eigenvalue weighted by Crippen LogP contribution is -2.12. The topological polar surface area (TPSA) is 47.3 Å². The molecule has 1 aliphatic rings. The van der Waals surface area contributed by atoms with Crippen LogP contribution in [0.4, 0.5) is 15.8 Å². The first-order valence-electron chi connectivity index (χ1n) is 6.07. The van der Waals surface area contributed by atoms with Crippen LogP contribution in [0.5, 0.6) is 5.75 Å². The van der Waals surface area contributed by atoms with Gasteiger partial charge in [0.25, 0.3) is 0 Å². The summed E-state index contributed by atoms with van der Waals surface area (Å²) in [7, 11) is 1.53. The maximum atomic E-state index is 13.6. The Labute approximate surface area is 101 Å². The second kappa shape index (κ2) is 5.25. The molecule has 94 valence electrons. The third-order valence-corrected chi connectivity index (χ3v) is 3.38. The van der Waals surface area contributed by atoms with Crippen molar-refractivity contribution in [3.63, 3.8) is 0 Å². The van der Waals surface area contributed by atoms with Gasteiger partial charge in [-0.25, -0.2) is 4.39 Å². The second-order valence-corrected chi connectivity index (χ2v) is 4.61. The summed E-state index contributed by atoms with van der Waals surface area (Å²) in [4.78, 5) is 0. The van der Waals surface area contributed by atoms with Gasteiger partial charge >= 0.3 is 0 Å². The summed E-state index contributed by atoms with van der Waals surface area (Å²) in [6, 6.07) is 2.93. The zero-order valence-electron chi connectivity index (χ0n) is 10.1. The molecule has 0 aromatic heterocycles. The van der Waals surface area contributed by atoms with Crippen molar-refractivity contribution in [1.82, 2.24) is 0 Å². The lowest BCUT2D eigenvalue weighted by Gasteiger charge is -2.14. The number of hydrogen-bond acceptors (Lipinski definition) is 3. The summed E-state index contributed by atoms with van der Waals surface area (Å²) in [6.07, 6.45) is 5.06. The number of hydrogen-bond donors (Lipinski definition) is 2. The van der Waals surface area contributed by atoms with E-state index in [0.717, 1.165) is 6.54 Å². The van der Waals surface area contributed by atoms with Gasteiger partial charge in [-0.2, -0.15) is 0 Å². The van der Waals surface area contributed by atoms with Gasteiger partial charge in [-0.05, 0) is 18.8 Å². The van der Waals surface area contributed by atoms with Crippen molar-refractivity contribution in [2.75, 3.05) is 24.7 Å². The molecule has 1 saturated carbocycles. The quantitative estimate of drug-likeness (QED) is 0.793. The van der Waals surface area contributed by atoms with E-state index >= 15 is 0 Å². The lowest BCUT2D eigenvalue weighted by molar-refractivity contribution is 0.416. The van der Waals surface area contributed by atoms with Crippen LogP contribution >= 0.6 is 0 Å². The SMILES string of the molecule is COc1cc(NCC2CCCC2)c(F)cc1N. The molecular weight excluding hydrogens is 219 g/mol. The lowest BCUT2D eigenvalue weighted by atomic mass is 10.1. The number of nitrogens with one attached hydrogen (secondary N) is 1. The zero-order chi connectivity index (χ0) is 12.3. The first kappa shape index (κ1) is 12.0. The molecule has 0 amide bonds. The van der Waals surface area contributed by atoms with Crippen LogP contribution in [0.2, 0.25) is 0 Å². The number of ether oxygens (including phenoxy) is 1. The molecule has 0 unspecified atom stereocenters. The highest BCUT2D eigenvalue weighted by Gasteiger charge is 2.15. The van der Waals surface area contributed by atoms with Crippen molar-refractivity contribution in [2.45, 2.75) is 25.7 Å². The van der Waals surface area contributed by atoms with Gasteiger partial charge in [0.2, 0.25) is 0 Å². The fourth-order valence-corrected chi connectivity index (χ4v) is 2.35. The van der Waals surface area contributed by atoms with Gasteiger partial charge in [0.05, 0.1) is 18.5 Å². The smallest absolute Gasteiger partial charge is 0.148 e. The van der Waals surface area contributed by atoms with E-state index in [2.05, 4.69) is 5.32 Å². The molecule has 1 aromatic rings. The van der Waals surface area contributed by atoms with Gasteiger partial charge in [0.1, 0.15) is 11.6 Å². The third kappa shape index (κ3) is 2.81. The average molecular weight is 238 g/mol. The van der Waals surface area contributed by atoms with Crippen LogP contribution in [0, 0.1) is 11.7 Å². The summed E-state index contributed by atoms with van der Waals surface area (Å²) >= 11 is 0. The summed E-state index contributed by atoms with van der Waals surface area (Å²) in [5.41, 5.74) is 6.43. The minimum Gasteiger partial charge on any atom is -0.495 e. The van der Waals surface area contributed by atoms with Crippen LogP contribution in [-0.4, -0.2) is 13.7 Å². The summed E-state index contributed by atoms with van der Waals surface area (Å²) in [6.45, 7) is 0.823. The first-order chi connectivity index (χ1) is 8.20. The van der Waals surface area contributed by atoms with Crippen molar-refractivity contribution in [3.05, 3.63) is 17.9 Å². The zero-order valence-corrected chi connectivity index (χ0v) is 10.1. The Hall–Kier alpha value is -1.45. The van der Waals surface area contributed by atoms with Gasteiger partial charge in [-0.15, -0.1) is 0 Å². The molecule has 3 nitrogen and oxygen atoms in total. The maximum absolute atomic E-state index is 13.6. The Kier molecular flexibility index (Phi) is 3.71. The van der Waals surface area contributed by atoms with Gasteiger partial charge in [-0.3, -0.25) is 0 Å². The van der Waals surface area contributed by atoms with Crippen LogP contribution in [0.15, 0.2) is 12.1 Å². The number of halogens is 1. The normalized spacial score (nSPS) is 16.1. The predicted octanol–water partition coefficient (Wildman–Crippen LogP) is 3.02. The van der Waals surface area contributed by atoms with Crippen molar-refractivity contribution in [2.24, 2.45) is 5.92 Å². The summed E-state index contributed by atoms with van der Waals surface area (Å²) in [5, 5.41) is 3.15. The molecule has 0 atom stereocenters. The highest BCUT2D eigenvalue weighted by atomic mass is 19.1. The van der Waals surface area contributed by atoms with Crippen molar-refractivity contribution in [1.29, 1.82) is 0 Å². The van der Waals surface area contributed by atoms with Crippen LogP contribution in [0.1, 0.15) is 25.7 Å². The Morgan fingerprint density at radius 1 is 1.41 bits per heavy atom. The van der Waals surface area contributed by atoms with E-state index < -0.39 is 0 Å². The highest BCUT2D eigenvalue weighted by Crippen LogP contribution is 2.30. The van der Waals surface area contributed by atoms with Crippen molar-refractivity contribution < 1.29 is 9.13 Å². The van der Waals surface area contributed by atoms with E-state index in [4.69, 9.17) is 10.5 Å². The molecule has 0 heterocycles. The van der Waals surface area contributed by atoms with Crippen LogP contribution in [-0.2, 0) is 0 Å². The molecule has 0 aliphatic heterocycles. The molecule has 0 bridgehead atoms. The summed E-state index contributed by atoms with van der Waals surface area (Å²) in [5.74, 6) is 0.861. The molecule has 0 radical (unpaired) electrons. The van der Waals surface area contributed by atoms with Crippen LogP contribution < -0.4 is 15.8 Å². The fourth-order valence-electron chi connectivity index (χ4n) is 2.35. The molecule has 0 spiro atoms. The standard InChI is InChI=1S/C13H19FN2O/c1-17-13-7-12(10(14)6-11(13)15)16-8-9-4-2-3-5-9/h6-7,9,16H,2-5,8,15H2,1H3. The molecule has 0 saturated heterocycles. The Morgan fingerprint density at radius 3 is 2.76 bits per heavy atom. The molecule has 1 aromatic carbocycles. The van der Waals surface area contributed by atoms with Gasteiger partial charge < -0.3 is 15.8 Å². The van der Waals surface area contributed by atoms with E-state index in [1.165, 1.54) is 38.9 Å². The molecular formula is C13H19FN2O. The van der Waals surface area contributed by atoms with E-state index in [-0.39, 0.29) is 5.82 Å².